The zero-order valence-corrected chi connectivity index (χ0v) is 13.9. The number of imidazole rings is 2. The lowest BCUT2D eigenvalue weighted by Crippen LogP contribution is -2.13. The summed E-state index contributed by atoms with van der Waals surface area (Å²) in [4.78, 5) is 8.86. The summed E-state index contributed by atoms with van der Waals surface area (Å²) >= 11 is 0. The van der Waals surface area contributed by atoms with Gasteiger partial charge in [-0.1, -0.05) is 18.6 Å². The second kappa shape index (κ2) is 7.01. The molecule has 5 heteroatoms. The first kappa shape index (κ1) is 15.1. The molecule has 3 aromatic rings. The SMILES string of the molecule is c1cn(-c2ccc(CNCc3cn4c(n3)CCCCC4)cc2)cn1. The van der Waals surface area contributed by atoms with E-state index in [2.05, 4.69) is 45.3 Å². The highest BCUT2D eigenvalue weighted by molar-refractivity contribution is 5.34. The lowest BCUT2D eigenvalue weighted by atomic mass is 10.2. The molecule has 2 aromatic heterocycles. The summed E-state index contributed by atoms with van der Waals surface area (Å²) in [5.41, 5.74) is 3.57. The van der Waals surface area contributed by atoms with Crippen molar-refractivity contribution in [1.29, 1.82) is 0 Å². The van der Waals surface area contributed by atoms with Crippen molar-refractivity contribution in [3.8, 4) is 5.69 Å². The van der Waals surface area contributed by atoms with E-state index in [1.807, 2.05) is 17.1 Å². The molecular weight excluding hydrogens is 298 g/mol. The number of fused-ring (bicyclic) bond motifs is 1. The van der Waals surface area contributed by atoms with Crippen LogP contribution in [-0.4, -0.2) is 19.1 Å². The van der Waals surface area contributed by atoms with Crippen LogP contribution in [0.15, 0.2) is 49.2 Å². The van der Waals surface area contributed by atoms with E-state index in [-0.39, 0.29) is 0 Å². The zero-order valence-electron chi connectivity index (χ0n) is 13.9. The van der Waals surface area contributed by atoms with Gasteiger partial charge in [0.15, 0.2) is 0 Å². The molecule has 1 aliphatic heterocycles. The average Bonchev–Trinajstić information content (AvgIpc) is 3.22. The predicted octanol–water partition coefficient (Wildman–Crippen LogP) is 3.09. The third-order valence-corrected chi connectivity index (χ3v) is 4.58. The second-order valence-electron chi connectivity index (χ2n) is 6.39. The van der Waals surface area contributed by atoms with Gasteiger partial charge in [0, 0.05) is 50.3 Å². The highest BCUT2D eigenvalue weighted by Crippen LogP contribution is 2.15. The molecule has 3 heterocycles. The fourth-order valence-electron chi connectivity index (χ4n) is 3.27. The lowest BCUT2D eigenvalue weighted by molar-refractivity contribution is 0.631. The predicted molar refractivity (Wildman–Crippen MR) is 93.9 cm³/mol. The van der Waals surface area contributed by atoms with Gasteiger partial charge < -0.3 is 14.5 Å². The van der Waals surface area contributed by atoms with Crippen LogP contribution in [0.1, 0.15) is 36.3 Å². The minimum absolute atomic E-state index is 0.823. The standard InChI is InChI=1S/C19H23N5/c1-2-4-19-22-17(14-23(19)10-3-1)13-21-12-16-5-7-18(8-6-16)24-11-9-20-15-24/h5-9,11,14-15,21H,1-4,10,12-13H2. The van der Waals surface area contributed by atoms with Gasteiger partial charge in [-0.25, -0.2) is 9.97 Å². The van der Waals surface area contributed by atoms with Gasteiger partial charge in [0.25, 0.3) is 0 Å². The van der Waals surface area contributed by atoms with E-state index < -0.39 is 0 Å². The molecule has 5 nitrogen and oxygen atoms in total. The first-order chi connectivity index (χ1) is 11.9. The van der Waals surface area contributed by atoms with Gasteiger partial charge in [-0.2, -0.15) is 0 Å². The smallest absolute Gasteiger partial charge is 0.109 e. The number of aryl methyl sites for hydroxylation is 2. The number of benzene rings is 1. The van der Waals surface area contributed by atoms with E-state index in [9.17, 15) is 0 Å². The molecule has 1 aliphatic rings. The van der Waals surface area contributed by atoms with Crippen LogP contribution in [0.3, 0.4) is 0 Å². The Morgan fingerprint density at radius 2 is 1.96 bits per heavy atom. The third kappa shape index (κ3) is 3.41. The van der Waals surface area contributed by atoms with E-state index in [0.29, 0.717) is 0 Å². The fraction of sp³-hybridized carbons (Fsp3) is 0.368. The summed E-state index contributed by atoms with van der Waals surface area (Å²) in [5, 5.41) is 3.50. The van der Waals surface area contributed by atoms with Crippen LogP contribution in [-0.2, 0) is 26.1 Å². The zero-order chi connectivity index (χ0) is 16.2. The molecule has 4 rings (SSSR count). The van der Waals surface area contributed by atoms with Gasteiger partial charge in [0.05, 0.1) is 12.0 Å². The van der Waals surface area contributed by atoms with Crippen molar-refractivity contribution in [2.75, 3.05) is 0 Å². The van der Waals surface area contributed by atoms with Crippen LogP contribution < -0.4 is 5.32 Å². The Morgan fingerprint density at radius 3 is 2.79 bits per heavy atom. The molecule has 0 saturated heterocycles. The fourth-order valence-corrected chi connectivity index (χ4v) is 3.27. The van der Waals surface area contributed by atoms with Crippen molar-refractivity contribution < 1.29 is 0 Å². The molecule has 0 fully saturated rings. The highest BCUT2D eigenvalue weighted by atomic mass is 15.1. The largest absolute Gasteiger partial charge is 0.335 e. The number of aromatic nitrogens is 4. The number of nitrogens with one attached hydrogen (secondary N) is 1. The van der Waals surface area contributed by atoms with E-state index in [0.717, 1.165) is 37.4 Å². The Bertz CT molecular complexity index is 747. The molecule has 0 saturated carbocycles. The van der Waals surface area contributed by atoms with Gasteiger partial charge >= 0.3 is 0 Å². The van der Waals surface area contributed by atoms with Gasteiger partial charge in [-0.15, -0.1) is 0 Å². The summed E-state index contributed by atoms with van der Waals surface area (Å²) in [5.74, 6) is 1.26. The van der Waals surface area contributed by atoms with Crippen LogP contribution in [0.4, 0.5) is 0 Å². The number of nitrogens with zero attached hydrogens (tertiary/aromatic N) is 4. The molecule has 0 aliphatic carbocycles. The Morgan fingerprint density at radius 1 is 1.04 bits per heavy atom. The second-order valence-corrected chi connectivity index (χ2v) is 6.39. The Labute approximate surface area is 142 Å². The molecule has 0 bridgehead atoms. The van der Waals surface area contributed by atoms with Crippen LogP contribution in [0.2, 0.25) is 0 Å². The highest BCUT2D eigenvalue weighted by Gasteiger charge is 2.10. The molecule has 0 radical (unpaired) electrons. The van der Waals surface area contributed by atoms with Gasteiger partial charge in [-0.3, -0.25) is 0 Å². The van der Waals surface area contributed by atoms with Crippen molar-refractivity contribution >= 4 is 0 Å². The summed E-state index contributed by atoms with van der Waals surface area (Å²) in [6, 6.07) is 8.56. The minimum Gasteiger partial charge on any atom is -0.335 e. The minimum atomic E-state index is 0.823. The lowest BCUT2D eigenvalue weighted by Gasteiger charge is -2.06. The normalized spacial score (nSPS) is 14.3. The van der Waals surface area contributed by atoms with Gasteiger partial charge in [-0.05, 0) is 30.5 Å². The maximum absolute atomic E-state index is 4.78. The van der Waals surface area contributed by atoms with Crippen molar-refractivity contribution in [2.45, 2.75) is 45.3 Å². The molecule has 124 valence electrons. The van der Waals surface area contributed by atoms with Crippen molar-refractivity contribution in [1.82, 2.24) is 24.4 Å². The molecule has 0 unspecified atom stereocenters. The summed E-state index contributed by atoms with van der Waals surface area (Å²) in [6.07, 6.45) is 12.8. The van der Waals surface area contributed by atoms with Gasteiger partial charge in [0.2, 0.25) is 0 Å². The summed E-state index contributed by atoms with van der Waals surface area (Å²) < 4.78 is 4.35. The van der Waals surface area contributed by atoms with E-state index in [4.69, 9.17) is 4.98 Å². The number of rotatable bonds is 5. The molecule has 1 N–H and O–H groups in total. The maximum atomic E-state index is 4.78. The quantitative estimate of drug-likeness (QED) is 0.785. The number of hydrogen-bond donors (Lipinski definition) is 1. The molecular formula is C19H23N5. The van der Waals surface area contributed by atoms with Crippen molar-refractivity contribution in [3.63, 3.8) is 0 Å². The first-order valence-corrected chi connectivity index (χ1v) is 8.71. The molecule has 24 heavy (non-hydrogen) atoms. The molecule has 1 aromatic carbocycles. The Kier molecular flexibility index (Phi) is 4.42. The topological polar surface area (TPSA) is 47.7 Å². The van der Waals surface area contributed by atoms with Crippen LogP contribution in [0, 0.1) is 0 Å². The van der Waals surface area contributed by atoms with Crippen LogP contribution in [0.5, 0.6) is 0 Å². The molecule has 0 atom stereocenters. The van der Waals surface area contributed by atoms with E-state index in [1.165, 1.54) is 30.7 Å². The maximum Gasteiger partial charge on any atom is 0.109 e. The Hall–Kier alpha value is -2.40. The molecule has 0 amide bonds. The first-order valence-electron chi connectivity index (χ1n) is 8.71. The van der Waals surface area contributed by atoms with Gasteiger partial charge in [0.1, 0.15) is 5.82 Å². The van der Waals surface area contributed by atoms with Crippen molar-refractivity contribution in [3.05, 3.63) is 66.3 Å². The molecule has 0 spiro atoms. The Balaban J connectivity index is 1.32. The third-order valence-electron chi connectivity index (χ3n) is 4.58. The van der Waals surface area contributed by atoms with Crippen molar-refractivity contribution in [2.24, 2.45) is 0 Å². The van der Waals surface area contributed by atoms with E-state index >= 15 is 0 Å². The van der Waals surface area contributed by atoms with Crippen LogP contribution >= 0.6 is 0 Å². The number of hydrogen-bond acceptors (Lipinski definition) is 3. The average molecular weight is 321 g/mol. The van der Waals surface area contributed by atoms with E-state index in [1.54, 1.807) is 6.20 Å². The monoisotopic (exact) mass is 321 g/mol. The summed E-state index contributed by atoms with van der Waals surface area (Å²) in [7, 11) is 0. The summed E-state index contributed by atoms with van der Waals surface area (Å²) in [6.45, 7) is 2.80. The van der Waals surface area contributed by atoms with Crippen LogP contribution in [0.25, 0.3) is 5.69 Å².